The highest BCUT2D eigenvalue weighted by Crippen LogP contribution is 2.12. The van der Waals surface area contributed by atoms with Crippen LogP contribution < -0.4 is 5.32 Å². The van der Waals surface area contributed by atoms with Gasteiger partial charge in [-0.2, -0.15) is 0 Å². The zero-order chi connectivity index (χ0) is 13.0. The molecule has 96 valence electrons. The summed E-state index contributed by atoms with van der Waals surface area (Å²) >= 11 is 0. The van der Waals surface area contributed by atoms with Gasteiger partial charge in [0, 0.05) is 25.0 Å². The molecule has 2 rings (SSSR count). The molecule has 2 aromatic rings. The van der Waals surface area contributed by atoms with Crippen LogP contribution in [0.25, 0.3) is 0 Å². The van der Waals surface area contributed by atoms with E-state index in [0.29, 0.717) is 0 Å². The quantitative estimate of drug-likeness (QED) is 0.851. The fraction of sp³-hybridized carbons (Fsp3) is 0.375. The number of nitrogens with zero attached hydrogens (tertiary/aromatic N) is 1. The number of aryl methyl sites for hydroxylation is 2. The van der Waals surface area contributed by atoms with Crippen molar-refractivity contribution in [3.05, 3.63) is 58.9 Å². The maximum absolute atomic E-state index is 3.38. The smallest absolute Gasteiger partial charge is 0.0473 e. The molecule has 2 nitrogen and oxygen atoms in total. The van der Waals surface area contributed by atoms with Crippen molar-refractivity contribution in [3.8, 4) is 0 Å². The molecule has 0 fully saturated rings. The van der Waals surface area contributed by atoms with Gasteiger partial charge in [-0.3, -0.25) is 0 Å². The molecule has 0 radical (unpaired) electrons. The average molecular weight is 242 g/mol. The Hall–Kier alpha value is -1.54. The molecule has 1 aromatic heterocycles. The van der Waals surface area contributed by atoms with Crippen LogP contribution in [-0.2, 0) is 13.1 Å². The van der Waals surface area contributed by atoms with E-state index in [0.717, 1.165) is 19.6 Å². The van der Waals surface area contributed by atoms with Crippen molar-refractivity contribution in [1.29, 1.82) is 0 Å². The normalized spacial score (nSPS) is 10.8. The second-order valence-corrected chi connectivity index (χ2v) is 4.90. The summed E-state index contributed by atoms with van der Waals surface area (Å²) in [7, 11) is 0. The summed E-state index contributed by atoms with van der Waals surface area (Å²) in [6, 6.07) is 11.1. The van der Waals surface area contributed by atoms with E-state index < -0.39 is 0 Å². The van der Waals surface area contributed by atoms with E-state index in [1.165, 1.54) is 22.4 Å². The maximum atomic E-state index is 3.38. The van der Waals surface area contributed by atoms with Gasteiger partial charge in [0.05, 0.1) is 0 Å². The van der Waals surface area contributed by atoms with Gasteiger partial charge in [0.25, 0.3) is 0 Å². The summed E-state index contributed by atoms with van der Waals surface area (Å²) in [5.41, 5.74) is 5.40. The predicted molar refractivity (Wildman–Crippen MR) is 76.8 cm³/mol. The van der Waals surface area contributed by atoms with E-state index in [-0.39, 0.29) is 0 Å². The average Bonchev–Trinajstić information content (AvgIpc) is 2.72. The van der Waals surface area contributed by atoms with Crippen LogP contribution in [0, 0.1) is 13.8 Å². The monoisotopic (exact) mass is 242 g/mol. The fourth-order valence-electron chi connectivity index (χ4n) is 2.37. The van der Waals surface area contributed by atoms with E-state index in [1.807, 2.05) is 0 Å². The molecular weight excluding hydrogens is 220 g/mol. The number of benzene rings is 1. The van der Waals surface area contributed by atoms with Crippen molar-refractivity contribution in [3.63, 3.8) is 0 Å². The van der Waals surface area contributed by atoms with Crippen LogP contribution >= 0.6 is 0 Å². The molecular formula is C16H22N2. The molecule has 0 bridgehead atoms. The molecule has 0 saturated heterocycles. The first-order valence-corrected chi connectivity index (χ1v) is 6.61. The van der Waals surface area contributed by atoms with Crippen molar-refractivity contribution in [1.82, 2.24) is 9.88 Å². The Kier molecular flexibility index (Phi) is 4.21. The minimum Gasteiger partial charge on any atom is -0.346 e. The molecule has 0 atom stereocenters. The Morgan fingerprint density at radius 2 is 1.83 bits per heavy atom. The van der Waals surface area contributed by atoms with Crippen molar-refractivity contribution in [2.75, 3.05) is 6.54 Å². The first kappa shape index (κ1) is 12.9. The Balaban J connectivity index is 2.15. The van der Waals surface area contributed by atoms with Crippen molar-refractivity contribution >= 4 is 0 Å². The van der Waals surface area contributed by atoms with Crippen molar-refractivity contribution in [2.45, 2.75) is 33.9 Å². The van der Waals surface area contributed by atoms with Gasteiger partial charge in [0.1, 0.15) is 0 Å². The summed E-state index contributed by atoms with van der Waals surface area (Å²) in [4.78, 5) is 0. The first-order valence-electron chi connectivity index (χ1n) is 6.61. The lowest BCUT2D eigenvalue weighted by Crippen LogP contribution is -2.15. The lowest BCUT2D eigenvalue weighted by atomic mass is 10.1. The van der Waals surface area contributed by atoms with E-state index in [1.54, 1.807) is 0 Å². The van der Waals surface area contributed by atoms with Gasteiger partial charge in [0.15, 0.2) is 0 Å². The largest absolute Gasteiger partial charge is 0.346 e. The minimum atomic E-state index is 0.939. The van der Waals surface area contributed by atoms with E-state index >= 15 is 0 Å². The SMILES string of the molecule is CCNCc1cccn1Cc1cc(C)cc(C)c1. The number of aromatic nitrogens is 1. The standard InChI is InChI=1S/C16H22N2/c1-4-17-11-16-6-5-7-18(16)12-15-9-13(2)8-14(3)10-15/h5-10,17H,4,11-12H2,1-3H3. The summed E-state index contributed by atoms with van der Waals surface area (Å²) in [6.07, 6.45) is 2.16. The zero-order valence-corrected chi connectivity index (χ0v) is 11.5. The van der Waals surface area contributed by atoms with Gasteiger partial charge in [-0.05, 0) is 38.1 Å². The van der Waals surface area contributed by atoms with E-state index in [2.05, 4.69) is 67.2 Å². The van der Waals surface area contributed by atoms with Crippen LogP contribution in [0.2, 0.25) is 0 Å². The second kappa shape index (κ2) is 5.87. The molecule has 0 aliphatic rings. The molecule has 2 heteroatoms. The van der Waals surface area contributed by atoms with Crippen LogP contribution in [0.15, 0.2) is 36.5 Å². The van der Waals surface area contributed by atoms with Crippen LogP contribution in [0.1, 0.15) is 29.3 Å². The summed E-state index contributed by atoms with van der Waals surface area (Å²) in [5.74, 6) is 0. The highest BCUT2D eigenvalue weighted by atomic mass is 15.0. The van der Waals surface area contributed by atoms with Gasteiger partial charge in [0.2, 0.25) is 0 Å². The van der Waals surface area contributed by atoms with Crippen molar-refractivity contribution in [2.24, 2.45) is 0 Å². The number of rotatable bonds is 5. The van der Waals surface area contributed by atoms with Gasteiger partial charge >= 0.3 is 0 Å². The lowest BCUT2D eigenvalue weighted by Gasteiger charge is -2.11. The Morgan fingerprint density at radius 3 is 2.50 bits per heavy atom. The van der Waals surface area contributed by atoms with Crippen LogP contribution in [0.3, 0.4) is 0 Å². The van der Waals surface area contributed by atoms with Crippen LogP contribution in [0.4, 0.5) is 0 Å². The summed E-state index contributed by atoms with van der Waals surface area (Å²) in [5, 5.41) is 3.38. The molecule has 0 unspecified atom stereocenters. The lowest BCUT2D eigenvalue weighted by molar-refractivity contribution is 0.657. The highest BCUT2D eigenvalue weighted by Gasteiger charge is 2.02. The van der Waals surface area contributed by atoms with Gasteiger partial charge in [-0.1, -0.05) is 36.2 Å². The molecule has 0 aliphatic heterocycles. The summed E-state index contributed by atoms with van der Waals surface area (Å²) < 4.78 is 2.32. The number of hydrogen-bond acceptors (Lipinski definition) is 1. The molecule has 1 N–H and O–H groups in total. The van der Waals surface area contributed by atoms with Gasteiger partial charge < -0.3 is 9.88 Å². The number of hydrogen-bond donors (Lipinski definition) is 1. The molecule has 0 aliphatic carbocycles. The maximum Gasteiger partial charge on any atom is 0.0473 e. The second-order valence-electron chi connectivity index (χ2n) is 4.90. The molecule has 1 aromatic carbocycles. The Morgan fingerprint density at radius 1 is 1.11 bits per heavy atom. The molecule has 1 heterocycles. The number of nitrogens with one attached hydrogen (secondary N) is 1. The predicted octanol–water partition coefficient (Wildman–Crippen LogP) is 3.26. The molecule has 0 amide bonds. The third kappa shape index (κ3) is 3.23. The first-order chi connectivity index (χ1) is 8.69. The topological polar surface area (TPSA) is 17.0 Å². The van der Waals surface area contributed by atoms with Gasteiger partial charge in [-0.15, -0.1) is 0 Å². The van der Waals surface area contributed by atoms with E-state index in [9.17, 15) is 0 Å². The third-order valence-electron chi connectivity index (χ3n) is 3.11. The van der Waals surface area contributed by atoms with Gasteiger partial charge in [-0.25, -0.2) is 0 Å². The molecule has 18 heavy (non-hydrogen) atoms. The van der Waals surface area contributed by atoms with Crippen LogP contribution in [-0.4, -0.2) is 11.1 Å². The Labute approximate surface area is 110 Å². The highest BCUT2D eigenvalue weighted by molar-refractivity contribution is 5.29. The fourth-order valence-corrected chi connectivity index (χ4v) is 2.37. The molecule has 0 saturated carbocycles. The summed E-state index contributed by atoms with van der Waals surface area (Å²) in [6.45, 7) is 9.36. The zero-order valence-electron chi connectivity index (χ0n) is 11.5. The Bertz CT molecular complexity index is 491. The minimum absolute atomic E-state index is 0.939. The van der Waals surface area contributed by atoms with Crippen molar-refractivity contribution < 1.29 is 0 Å². The van der Waals surface area contributed by atoms with E-state index in [4.69, 9.17) is 0 Å². The van der Waals surface area contributed by atoms with Crippen LogP contribution in [0.5, 0.6) is 0 Å². The third-order valence-corrected chi connectivity index (χ3v) is 3.11. The molecule has 0 spiro atoms.